The van der Waals surface area contributed by atoms with Crippen LogP contribution < -0.4 is 9.62 Å². The number of anilines is 1. The van der Waals surface area contributed by atoms with Crippen molar-refractivity contribution < 1.29 is 18.0 Å². The molecule has 0 fully saturated rings. The Morgan fingerprint density at radius 1 is 0.975 bits per heavy atom. The van der Waals surface area contributed by atoms with Crippen LogP contribution in [0.15, 0.2) is 82.2 Å². The van der Waals surface area contributed by atoms with Gasteiger partial charge < -0.3 is 10.2 Å². The number of carbonyl (C=O) groups excluding carboxylic acids is 2. The molecule has 10 heteroatoms. The van der Waals surface area contributed by atoms with Gasteiger partial charge >= 0.3 is 0 Å². The van der Waals surface area contributed by atoms with Crippen molar-refractivity contribution in [2.45, 2.75) is 64.1 Å². The Morgan fingerprint density at radius 3 is 2.25 bits per heavy atom. The quantitative estimate of drug-likeness (QED) is 0.249. The fourth-order valence-electron chi connectivity index (χ4n) is 4.17. The largest absolute Gasteiger partial charge is 0.352 e. The summed E-state index contributed by atoms with van der Waals surface area (Å²) in [4.78, 5) is 28.9. The van der Waals surface area contributed by atoms with Crippen LogP contribution in [0.1, 0.15) is 44.7 Å². The molecule has 0 saturated carbocycles. The highest BCUT2D eigenvalue weighted by molar-refractivity contribution is 9.10. The van der Waals surface area contributed by atoms with Gasteiger partial charge in [0.15, 0.2) is 0 Å². The molecule has 0 heterocycles. The predicted octanol–water partition coefficient (Wildman–Crippen LogP) is 6.33. The lowest BCUT2D eigenvalue weighted by Gasteiger charge is -2.34. The highest BCUT2D eigenvalue weighted by atomic mass is 79.9. The fraction of sp³-hybridized carbons (Fsp3) is 0.333. The molecule has 3 aromatic rings. The number of nitrogens with one attached hydrogen (secondary N) is 1. The van der Waals surface area contributed by atoms with Crippen LogP contribution in [0.25, 0.3) is 0 Å². The van der Waals surface area contributed by atoms with E-state index in [4.69, 9.17) is 11.6 Å². The molecule has 2 atom stereocenters. The summed E-state index contributed by atoms with van der Waals surface area (Å²) in [6, 6.07) is 19.4. The first-order valence-electron chi connectivity index (χ1n) is 13.2. The third kappa shape index (κ3) is 7.86. The second-order valence-corrected chi connectivity index (χ2v) is 12.8. The van der Waals surface area contributed by atoms with E-state index in [1.54, 1.807) is 60.7 Å². The Labute approximate surface area is 250 Å². The Bertz CT molecular complexity index is 1430. The molecule has 0 bridgehead atoms. The molecule has 0 spiro atoms. The van der Waals surface area contributed by atoms with E-state index < -0.39 is 28.5 Å². The molecular formula is C30H35BrClN3O4S. The van der Waals surface area contributed by atoms with Crippen molar-refractivity contribution in [2.24, 2.45) is 0 Å². The number of nitrogens with zero attached hydrogens (tertiary/aromatic N) is 2. The van der Waals surface area contributed by atoms with Crippen LogP contribution in [-0.4, -0.2) is 43.8 Å². The van der Waals surface area contributed by atoms with E-state index in [2.05, 4.69) is 21.2 Å². The van der Waals surface area contributed by atoms with Crippen LogP contribution in [-0.2, 0) is 26.2 Å². The third-order valence-corrected chi connectivity index (χ3v) is 9.32. The highest BCUT2D eigenvalue weighted by Crippen LogP contribution is 2.28. The smallest absolute Gasteiger partial charge is 0.264 e. The fourth-order valence-corrected chi connectivity index (χ4v) is 6.16. The topological polar surface area (TPSA) is 86.8 Å². The normalized spacial score (nSPS) is 12.8. The number of amides is 2. The Balaban J connectivity index is 2.07. The van der Waals surface area contributed by atoms with Gasteiger partial charge in [-0.05, 0) is 68.7 Å². The minimum absolute atomic E-state index is 0.0435. The first-order chi connectivity index (χ1) is 19.0. The average molecular weight is 649 g/mol. The van der Waals surface area contributed by atoms with Crippen LogP contribution in [0.4, 0.5) is 5.69 Å². The van der Waals surface area contributed by atoms with Crippen molar-refractivity contribution >= 4 is 55.1 Å². The van der Waals surface area contributed by atoms with Crippen LogP contribution >= 0.6 is 27.5 Å². The van der Waals surface area contributed by atoms with Crippen LogP contribution in [0.5, 0.6) is 0 Å². The summed E-state index contributed by atoms with van der Waals surface area (Å²) in [5.41, 5.74) is 1.88. The summed E-state index contributed by atoms with van der Waals surface area (Å²) in [5.74, 6) is -0.825. The van der Waals surface area contributed by atoms with E-state index in [-0.39, 0.29) is 23.4 Å². The van der Waals surface area contributed by atoms with E-state index in [0.29, 0.717) is 27.2 Å². The summed E-state index contributed by atoms with van der Waals surface area (Å²) in [6.45, 7) is 7.08. The minimum atomic E-state index is -4.13. The van der Waals surface area contributed by atoms with Crippen LogP contribution in [0, 0.1) is 6.92 Å². The van der Waals surface area contributed by atoms with E-state index >= 15 is 0 Å². The lowest BCUT2D eigenvalue weighted by Crippen LogP contribution is -2.53. The molecule has 2 amide bonds. The Hall–Kier alpha value is -2.88. The van der Waals surface area contributed by atoms with Crippen molar-refractivity contribution in [3.8, 4) is 0 Å². The maximum Gasteiger partial charge on any atom is 0.264 e. The molecule has 3 rings (SSSR count). The van der Waals surface area contributed by atoms with Crippen molar-refractivity contribution in [2.75, 3.05) is 10.8 Å². The van der Waals surface area contributed by atoms with Crippen molar-refractivity contribution in [1.82, 2.24) is 10.2 Å². The summed E-state index contributed by atoms with van der Waals surface area (Å²) >= 11 is 9.85. The molecule has 1 N–H and O–H groups in total. The minimum Gasteiger partial charge on any atom is -0.352 e. The molecular weight excluding hydrogens is 614 g/mol. The van der Waals surface area contributed by atoms with E-state index in [1.165, 1.54) is 17.0 Å². The lowest BCUT2D eigenvalue weighted by molar-refractivity contribution is -0.140. The molecule has 0 aromatic heterocycles. The van der Waals surface area contributed by atoms with Gasteiger partial charge in [0.2, 0.25) is 11.8 Å². The highest BCUT2D eigenvalue weighted by Gasteiger charge is 2.34. The lowest BCUT2D eigenvalue weighted by atomic mass is 10.1. The zero-order valence-electron chi connectivity index (χ0n) is 23.1. The molecule has 0 aliphatic rings. The SMILES string of the molecule is CCC(C)NC(=O)C(CC)N(Cc1ccccc1Cl)C(=O)CN(c1cccc(Br)c1)S(=O)(=O)c1ccc(C)cc1. The van der Waals surface area contributed by atoms with E-state index in [0.717, 1.165) is 16.3 Å². The van der Waals surface area contributed by atoms with Gasteiger partial charge in [0.25, 0.3) is 10.0 Å². The first kappa shape index (κ1) is 31.6. The van der Waals surface area contributed by atoms with Gasteiger partial charge in [0, 0.05) is 22.1 Å². The maximum absolute atomic E-state index is 14.1. The van der Waals surface area contributed by atoms with Gasteiger partial charge in [-0.15, -0.1) is 0 Å². The summed E-state index contributed by atoms with van der Waals surface area (Å²) in [6.07, 6.45) is 1.06. The van der Waals surface area contributed by atoms with Gasteiger partial charge in [-0.1, -0.05) is 83.3 Å². The van der Waals surface area contributed by atoms with Crippen LogP contribution in [0.3, 0.4) is 0 Å². The monoisotopic (exact) mass is 647 g/mol. The van der Waals surface area contributed by atoms with Gasteiger partial charge in [-0.2, -0.15) is 0 Å². The number of sulfonamides is 1. The molecule has 0 saturated heterocycles. The van der Waals surface area contributed by atoms with Crippen molar-refractivity contribution in [1.29, 1.82) is 0 Å². The molecule has 7 nitrogen and oxygen atoms in total. The predicted molar refractivity (Wildman–Crippen MR) is 164 cm³/mol. The molecule has 40 heavy (non-hydrogen) atoms. The van der Waals surface area contributed by atoms with E-state index in [1.807, 2.05) is 27.7 Å². The summed E-state index contributed by atoms with van der Waals surface area (Å²) in [5, 5.41) is 3.42. The van der Waals surface area contributed by atoms with Crippen molar-refractivity contribution in [3.63, 3.8) is 0 Å². The van der Waals surface area contributed by atoms with Crippen molar-refractivity contribution in [3.05, 3.63) is 93.4 Å². The second kappa shape index (κ2) is 14.1. The van der Waals surface area contributed by atoms with E-state index in [9.17, 15) is 18.0 Å². The standard InChI is InChI=1S/C30H35BrClN3O4S/c1-5-22(4)33-30(37)28(6-2)34(19-23-10-7-8-13-27(23)32)29(36)20-35(25-12-9-11-24(31)18-25)40(38,39)26-16-14-21(3)15-17-26/h7-18,22,28H,5-6,19-20H2,1-4H3,(H,33,37). The Morgan fingerprint density at radius 2 is 1.65 bits per heavy atom. The number of benzene rings is 3. The number of hydrogen-bond acceptors (Lipinski definition) is 4. The number of carbonyl (C=O) groups is 2. The zero-order chi connectivity index (χ0) is 29.4. The molecule has 0 radical (unpaired) electrons. The maximum atomic E-state index is 14.1. The molecule has 214 valence electrons. The van der Waals surface area contributed by atoms with Gasteiger partial charge in [-0.3, -0.25) is 13.9 Å². The number of aryl methyl sites for hydroxylation is 1. The van der Waals surface area contributed by atoms with Crippen LogP contribution in [0.2, 0.25) is 5.02 Å². The number of halogens is 2. The Kier molecular flexibility index (Phi) is 11.2. The summed E-state index contributed by atoms with van der Waals surface area (Å²) < 4.78 is 29.6. The van der Waals surface area contributed by atoms with Gasteiger partial charge in [0.1, 0.15) is 12.6 Å². The van der Waals surface area contributed by atoms with Gasteiger partial charge in [-0.25, -0.2) is 8.42 Å². The average Bonchev–Trinajstić information content (AvgIpc) is 2.92. The molecule has 3 aromatic carbocycles. The molecule has 0 aliphatic heterocycles. The third-order valence-electron chi connectivity index (χ3n) is 6.67. The molecule has 2 unspecified atom stereocenters. The second-order valence-electron chi connectivity index (χ2n) is 9.66. The zero-order valence-corrected chi connectivity index (χ0v) is 26.3. The number of hydrogen-bond donors (Lipinski definition) is 1. The first-order valence-corrected chi connectivity index (χ1v) is 15.8. The number of rotatable bonds is 12. The molecule has 0 aliphatic carbocycles. The van der Waals surface area contributed by atoms with Gasteiger partial charge in [0.05, 0.1) is 10.6 Å². The summed E-state index contributed by atoms with van der Waals surface area (Å²) in [7, 11) is -4.13.